The van der Waals surface area contributed by atoms with Crippen molar-refractivity contribution in [1.29, 1.82) is 0 Å². The summed E-state index contributed by atoms with van der Waals surface area (Å²) in [6.07, 6.45) is 3.73. The molecule has 1 fully saturated rings. The Morgan fingerprint density at radius 2 is 2.40 bits per heavy atom. The van der Waals surface area contributed by atoms with Crippen molar-refractivity contribution < 1.29 is 9.72 Å². The number of nitrogens with zero attached hydrogens (tertiary/aromatic N) is 4. The van der Waals surface area contributed by atoms with Crippen molar-refractivity contribution in [1.82, 2.24) is 14.7 Å². The van der Waals surface area contributed by atoms with E-state index in [1.807, 2.05) is 4.90 Å². The summed E-state index contributed by atoms with van der Waals surface area (Å²) in [5, 5.41) is 14.4. The van der Waals surface area contributed by atoms with Crippen LogP contribution in [-0.4, -0.2) is 45.1 Å². The summed E-state index contributed by atoms with van der Waals surface area (Å²) in [6, 6.07) is 0. The smallest absolute Gasteiger partial charge is 0.306 e. The molecule has 0 spiro atoms. The monoisotopic (exact) mass is 281 g/mol. The second-order valence-electron chi connectivity index (χ2n) is 5.55. The van der Waals surface area contributed by atoms with Gasteiger partial charge in [0, 0.05) is 26.1 Å². The Hall–Kier alpha value is -1.96. The van der Waals surface area contributed by atoms with Gasteiger partial charge in [0.25, 0.3) is 0 Å². The maximum absolute atomic E-state index is 12.1. The number of aryl methyl sites for hydroxylation is 1. The molecule has 20 heavy (non-hydrogen) atoms. The largest absolute Gasteiger partial charge is 0.342 e. The fourth-order valence-corrected chi connectivity index (χ4v) is 2.34. The fourth-order valence-electron chi connectivity index (χ4n) is 2.34. The van der Waals surface area contributed by atoms with E-state index in [1.165, 1.54) is 17.1 Å². The zero-order valence-electron chi connectivity index (χ0n) is 11.5. The van der Waals surface area contributed by atoms with Gasteiger partial charge in [-0.3, -0.25) is 19.6 Å². The minimum absolute atomic E-state index is 0.0140. The predicted octanol–water partition coefficient (Wildman–Crippen LogP) is 0.379. The van der Waals surface area contributed by atoms with Crippen molar-refractivity contribution in [2.75, 3.05) is 19.6 Å². The van der Waals surface area contributed by atoms with E-state index in [0.717, 1.165) is 13.0 Å². The van der Waals surface area contributed by atoms with Crippen molar-refractivity contribution in [3.63, 3.8) is 0 Å². The average Bonchev–Trinajstić information content (AvgIpc) is 3.03. The van der Waals surface area contributed by atoms with E-state index < -0.39 is 4.92 Å². The van der Waals surface area contributed by atoms with Crippen LogP contribution in [0.3, 0.4) is 0 Å². The highest BCUT2D eigenvalue weighted by atomic mass is 16.6. The van der Waals surface area contributed by atoms with E-state index in [4.69, 9.17) is 5.73 Å². The van der Waals surface area contributed by atoms with E-state index in [0.29, 0.717) is 26.1 Å². The summed E-state index contributed by atoms with van der Waals surface area (Å²) in [5.74, 6) is 0.0420. The summed E-state index contributed by atoms with van der Waals surface area (Å²) < 4.78 is 1.42. The van der Waals surface area contributed by atoms with Gasteiger partial charge in [-0.1, -0.05) is 6.92 Å². The van der Waals surface area contributed by atoms with Crippen LogP contribution in [0.2, 0.25) is 0 Å². The van der Waals surface area contributed by atoms with E-state index >= 15 is 0 Å². The molecule has 1 aromatic rings. The van der Waals surface area contributed by atoms with Crippen LogP contribution in [0.25, 0.3) is 0 Å². The third-order valence-electron chi connectivity index (χ3n) is 3.79. The van der Waals surface area contributed by atoms with Crippen LogP contribution in [0.4, 0.5) is 5.69 Å². The van der Waals surface area contributed by atoms with E-state index in [9.17, 15) is 14.9 Å². The van der Waals surface area contributed by atoms with Crippen LogP contribution in [0.5, 0.6) is 0 Å². The van der Waals surface area contributed by atoms with Gasteiger partial charge in [0.1, 0.15) is 12.4 Å². The maximum atomic E-state index is 12.1. The first kappa shape index (κ1) is 14.4. The van der Waals surface area contributed by atoms with E-state index in [2.05, 4.69) is 12.0 Å². The highest BCUT2D eigenvalue weighted by Crippen LogP contribution is 2.28. The van der Waals surface area contributed by atoms with Gasteiger partial charge in [0.2, 0.25) is 5.91 Å². The second kappa shape index (κ2) is 5.58. The first-order valence-electron chi connectivity index (χ1n) is 6.58. The summed E-state index contributed by atoms with van der Waals surface area (Å²) >= 11 is 0. The zero-order valence-corrected chi connectivity index (χ0v) is 11.5. The standard InChI is InChI=1S/C12H19N5O3/c1-12(8-13)3-5-15(9-12)11(18)2-4-16-7-10(6-14-16)17(19)20/h6-7H,2-5,8-9,13H2,1H3. The number of carbonyl (C=O) groups excluding carboxylic acids is 1. The predicted molar refractivity (Wildman–Crippen MR) is 71.9 cm³/mol. The second-order valence-corrected chi connectivity index (χ2v) is 5.55. The van der Waals surface area contributed by atoms with E-state index in [1.54, 1.807) is 0 Å². The van der Waals surface area contributed by atoms with Gasteiger partial charge in [-0.05, 0) is 18.4 Å². The summed E-state index contributed by atoms with van der Waals surface area (Å²) in [6.45, 7) is 4.41. The molecule has 2 rings (SSSR count). The number of carbonyl (C=O) groups is 1. The SMILES string of the molecule is CC1(CN)CCN(C(=O)CCn2cc([N+](=O)[O-])cn2)C1. The van der Waals surface area contributed by atoms with Crippen LogP contribution in [0, 0.1) is 15.5 Å². The van der Waals surface area contributed by atoms with Gasteiger partial charge in [-0.15, -0.1) is 0 Å². The molecule has 0 aromatic carbocycles. The number of nitro groups is 1. The lowest BCUT2D eigenvalue weighted by Crippen LogP contribution is -2.34. The molecule has 8 nitrogen and oxygen atoms in total. The quantitative estimate of drug-likeness (QED) is 0.620. The van der Waals surface area contributed by atoms with Gasteiger partial charge in [0.15, 0.2) is 0 Å². The Balaban J connectivity index is 1.85. The van der Waals surface area contributed by atoms with Crippen LogP contribution < -0.4 is 5.73 Å². The van der Waals surface area contributed by atoms with Crippen molar-refractivity contribution in [2.45, 2.75) is 26.3 Å². The third-order valence-corrected chi connectivity index (χ3v) is 3.79. The first-order chi connectivity index (χ1) is 9.43. The molecule has 0 bridgehead atoms. The molecule has 1 saturated heterocycles. The highest BCUT2D eigenvalue weighted by molar-refractivity contribution is 5.76. The minimum atomic E-state index is -0.502. The summed E-state index contributed by atoms with van der Waals surface area (Å²) in [7, 11) is 0. The molecule has 1 aliphatic heterocycles. The van der Waals surface area contributed by atoms with Crippen LogP contribution >= 0.6 is 0 Å². The Kier molecular flexibility index (Phi) is 4.03. The lowest BCUT2D eigenvalue weighted by atomic mass is 9.90. The maximum Gasteiger partial charge on any atom is 0.306 e. The normalized spacial score (nSPS) is 22.2. The van der Waals surface area contributed by atoms with Crippen molar-refractivity contribution >= 4 is 11.6 Å². The summed E-state index contributed by atoms with van der Waals surface area (Å²) in [4.78, 5) is 23.9. The molecule has 0 aliphatic carbocycles. The topological polar surface area (TPSA) is 107 Å². The van der Waals surface area contributed by atoms with Gasteiger partial charge in [0.05, 0.1) is 4.92 Å². The minimum Gasteiger partial charge on any atom is -0.342 e. The highest BCUT2D eigenvalue weighted by Gasteiger charge is 2.34. The van der Waals surface area contributed by atoms with Crippen molar-refractivity contribution in [3.8, 4) is 0 Å². The lowest BCUT2D eigenvalue weighted by Gasteiger charge is -2.22. The summed E-state index contributed by atoms with van der Waals surface area (Å²) in [5.41, 5.74) is 5.66. The van der Waals surface area contributed by atoms with Gasteiger partial charge in [-0.2, -0.15) is 5.10 Å². The fraction of sp³-hybridized carbons (Fsp3) is 0.667. The number of likely N-dealkylation sites (tertiary alicyclic amines) is 1. The molecular weight excluding hydrogens is 262 g/mol. The molecule has 1 aliphatic rings. The number of amides is 1. The zero-order chi connectivity index (χ0) is 14.8. The molecular formula is C12H19N5O3. The molecule has 2 N–H and O–H groups in total. The van der Waals surface area contributed by atoms with Gasteiger partial charge < -0.3 is 10.6 Å². The lowest BCUT2D eigenvalue weighted by molar-refractivity contribution is -0.385. The van der Waals surface area contributed by atoms with Crippen LogP contribution in [0.15, 0.2) is 12.4 Å². The average molecular weight is 281 g/mol. The molecule has 1 aromatic heterocycles. The number of rotatable bonds is 5. The molecule has 0 radical (unpaired) electrons. The first-order valence-corrected chi connectivity index (χ1v) is 6.58. The number of nitrogens with two attached hydrogens (primary N) is 1. The Bertz CT molecular complexity index is 515. The number of aromatic nitrogens is 2. The van der Waals surface area contributed by atoms with Crippen LogP contribution in [0.1, 0.15) is 19.8 Å². The van der Waals surface area contributed by atoms with Gasteiger partial charge >= 0.3 is 5.69 Å². The number of hydrogen-bond acceptors (Lipinski definition) is 5. The Labute approximate surface area is 116 Å². The third kappa shape index (κ3) is 3.13. The molecule has 110 valence electrons. The van der Waals surface area contributed by atoms with Gasteiger partial charge in [-0.25, -0.2) is 0 Å². The van der Waals surface area contributed by atoms with Crippen molar-refractivity contribution in [3.05, 3.63) is 22.5 Å². The Morgan fingerprint density at radius 3 is 2.95 bits per heavy atom. The molecule has 1 amide bonds. The Morgan fingerprint density at radius 1 is 1.65 bits per heavy atom. The number of hydrogen-bond donors (Lipinski definition) is 1. The van der Waals surface area contributed by atoms with Crippen LogP contribution in [-0.2, 0) is 11.3 Å². The molecule has 0 saturated carbocycles. The van der Waals surface area contributed by atoms with Crippen molar-refractivity contribution in [2.24, 2.45) is 11.1 Å². The molecule has 8 heteroatoms. The molecule has 1 unspecified atom stereocenters. The van der Waals surface area contributed by atoms with E-state index in [-0.39, 0.29) is 17.0 Å². The molecule has 2 heterocycles. The molecule has 1 atom stereocenters.